The number of thiophene rings is 1. The van der Waals surface area contributed by atoms with Crippen molar-refractivity contribution >= 4 is 50.0 Å². The number of amides is 2. The monoisotopic (exact) mass is 475 g/mol. The lowest BCUT2D eigenvalue weighted by Gasteiger charge is -2.31. The molecule has 8 nitrogen and oxygen atoms in total. The average Bonchev–Trinajstić information content (AvgIpc) is 3.18. The van der Waals surface area contributed by atoms with Crippen LogP contribution in [0.25, 0.3) is 21.1 Å². The van der Waals surface area contributed by atoms with Crippen LogP contribution in [0.1, 0.15) is 35.0 Å². The summed E-state index contributed by atoms with van der Waals surface area (Å²) in [6, 6.07) is 9.53. The van der Waals surface area contributed by atoms with Crippen LogP contribution in [0.15, 0.2) is 47.7 Å². The highest BCUT2D eigenvalue weighted by Gasteiger charge is 2.23. The van der Waals surface area contributed by atoms with Crippen LogP contribution in [0.4, 0.5) is 5.69 Å². The third-order valence-corrected chi connectivity index (χ3v) is 7.49. The van der Waals surface area contributed by atoms with Crippen molar-refractivity contribution in [1.29, 1.82) is 0 Å². The van der Waals surface area contributed by atoms with Gasteiger partial charge in [-0.1, -0.05) is 25.1 Å². The first-order valence-corrected chi connectivity index (χ1v) is 12.1. The smallest absolute Gasteiger partial charge is 0.266 e. The highest BCUT2D eigenvalue weighted by molar-refractivity contribution is 7.20. The van der Waals surface area contributed by atoms with Crippen molar-refractivity contribution in [2.24, 2.45) is 5.92 Å². The van der Waals surface area contributed by atoms with Gasteiger partial charge in [-0.05, 0) is 43.4 Å². The number of carbonyl (C=O) groups excluding carboxylic acids is 2. The first-order valence-electron chi connectivity index (χ1n) is 11.3. The number of nitrogens with zero attached hydrogens (tertiary/aromatic N) is 4. The van der Waals surface area contributed by atoms with Crippen LogP contribution in [0.3, 0.4) is 0 Å². The summed E-state index contributed by atoms with van der Waals surface area (Å²) in [5, 5.41) is 4.18. The Bertz CT molecular complexity index is 1470. The Balaban J connectivity index is 1.40. The number of likely N-dealkylation sites (tertiary alicyclic amines) is 1. The number of piperidine rings is 1. The number of pyridine rings is 1. The molecule has 4 aromatic rings. The van der Waals surface area contributed by atoms with E-state index >= 15 is 0 Å². The molecule has 1 atom stereocenters. The molecule has 3 aromatic heterocycles. The van der Waals surface area contributed by atoms with E-state index in [4.69, 9.17) is 0 Å². The van der Waals surface area contributed by atoms with Crippen LogP contribution < -0.4 is 10.9 Å². The zero-order valence-electron chi connectivity index (χ0n) is 19.1. The number of benzene rings is 1. The third-order valence-electron chi connectivity index (χ3n) is 6.29. The van der Waals surface area contributed by atoms with Gasteiger partial charge in [-0.15, -0.1) is 11.3 Å². The van der Waals surface area contributed by atoms with Crippen LogP contribution in [-0.4, -0.2) is 44.3 Å². The number of aromatic nitrogens is 3. The van der Waals surface area contributed by atoms with E-state index in [2.05, 4.69) is 22.2 Å². The lowest BCUT2D eigenvalue weighted by Crippen LogP contribution is -2.42. The molecule has 0 bridgehead atoms. The van der Waals surface area contributed by atoms with Gasteiger partial charge in [-0.2, -0.15) is 0 Å². The zero-order valence-corrected chi connectivity index (χ0v) is 19.9. The molecule has 5 rings (SSSR count). The van der Waals surface area contributed by atoms with Gasteiger partial charge in [-0.3, -0.25) is 23.9 Å². The lowest BCUT2D eigenvalue weighted by molar-refractivity contribution is -0.133. The van der Waals surface area contributed by atoms with Gasteiger partial charge in [0.15, 0.2) is 0 Å². The molecular formula is C25H25N5O3S. The van der Waals surface area contributed by atoms with E-state index in [1.807, 2.05) is 35.2 Å². The number of hydrogen-bond acceptors (Lipinski definition) is 6. The Kier molecular flexibility index (Phi) is 5.87. The maximum absolute atomic E-state index is 13.2. The molecule has 9 heteroatoms. The molecule has 4 heterocycles. The summed E-state index contributed by atoms with van der Waals surface area (Å²) >= 11 is 1.17. The summed E-state index contributed by atoms with van der Waals surface area (Å²) in [6.07, 6.45) is 5.11. The highest BCUT2D eigenvalue weighted by Crippen LogP contribution is 2.28. The van der Waals surface area contributed by atoms with Gasteiger partial charge >= 0.3 is 0 Å². The van der Waals surface area contributed by atoms with Crippen LogP contribution in [-0.2, 0) is 11.3 Å². The molecule has 0 saturated carbocycles. The van der Waals surface area contributed by atoms with Crippen molar-refractivity contribution in [3.05, 3.63) is 63.7 Å². The number of nitrogens with one attached hydrogen (secondary N) is 1. The Hall–Kier alpha value is -3.59. The Morgan fingerprint density at radius 3 is 2.88 bits per heavy atom. The summed E-state index contributed by atoms with van der Waals surface area (Å²) in [4.78, 5) is 50.5. The zero-order chi connectivity index (χ0) is 23.8. The minimum atomic E-state index is -0.318. The van der Waals surface area contributed by atoms with Gasteiger partial charge in [0.2, 0.25) is 5.91 Å². The first-order chi connectivity index (χ1) is 16.4. The minimum absolute atomic E-state index is 0.0476. The normalized spacial score (nSPS) is 16.2. The predicted molar refractivity (Wildman–Crippen MR) is 133 cm³/mol. The van der Waals surface area contributed by atoms with Crippen molar-refractivity contribution in [1.82, 2.24) is 19.4 Å². The number of carbonyl (C=O) groups is 2. The van der Waals surface area contributed by atoms with Gasteiger partial charge in [-0.25, -0.2) is 4.98 Å². The summed E-state index contributed by atoms with van der Waals surface area (Å²) in [7, 11) is 0. The topological polar surface area (TPSA) is 97.2 Å². The molecule has 1 fully saturated rings. The fourth-order valence-electron chi connectivity index (χ4n) is 4.48. The largest absolute Gasteiger partial charge is 0.341 e. The number of hydrogen-bond donors (Lipinski definition) is 1. The Morgan fingerprint density at radius 2 is 2.06 bits per heavy atom. The van der Waals surface area contributed by atoms with E-state index in [0.717, 1.165) is 30.3 Å². The fraction of sp³-hybridized carbons (Fsp3) is 0.320. The summed E-state index contributed by atoms with van der Waals surface area (Å²) in [6.45, 7) is 5.27. The highest BCUT2D eigenvalue weighted by atomic mass is 32.1. The van der Waals surface area contributed by atoms with E-state index in [1.165, 1.54) is 22.2 Å². The number of rotatable bonds is 4. The van der Waals surface area contributed by atoms with Crippen molar-refractivity contribution in [3.8, 4) is 0 Å². The maximum Gasteiger partial charge on any atom is 0.266 e. The standard InChI is InChI=1S/C25H25N5O3S/c1-15-6-5-9-29(12-15)20(31)13-30-14-27-24-21(25(30)33)16(2)22(34-24)23(32)28-18-10-17-7-3-4-8-19(17)26-11-18/h3-4,7-8,10-11,14-15H,5-6,9,12-13H2,1-2H3,(H,28,32)/t15-/m0/s1. The molecule has 1 aliphatic heterocycles. The minimum Gasteiger partial charge on any atom is -0.341 e. The molecule has 1 aromatic carbocycles. The van der Waals surface area contributed by atoms with Crippen molar-refractivity contribution in [3.63, 3.8) is 0 Å². The first kappa shape index (κ1) is 22.2. The summed E-state index contributed by atoms with van der Waals surface area (Å²) < 4.78 is 1.35. The fourth-order valence-corrected chi connectivity index (χ4v) is 5.51. The Morgan fingerprint density at radius 1 is 1.24 bits per heavy atom. The van der Waals surface area contributed by atoms with E-state index in [0.29, 0.717) is 38.8 Å². The second kappa shape index (κ2) is 8.98. The average molecular weight is 476 g/mol. The number of para-hydroxylation sites is 1. The number of fused-ring (bicyclic) bond motifs is 2. The molecule has 1 saturated heterocycles. The van der Waals surface area contributed by atoms with E-state index in [9.17, 15) is 14.4 Å². The SMILES string of the molecule is Cc1c(C(=O)Nc2cnc3ccccc3c2)sc2ncn(CC(=O)N3CCC[C@H](C)C3)c(=O)c12. The molecule has 1 N–H and O–H groups in total. The Labute approximate surface area is 200 Å². The third kappa shape index (κ3) is 4.19. The molecule has 1 aliphatic rings. The van der Waals surface area contributed by atoms with Crippen molar-refractivity contribution in [2.45, 2.75) is 33.2 Å². The van der Waals surface area contributed by atoms with Gasteiger partial charge in [0, 0.05) is 18.5 Å². The van der Waals surface area contributed by atoms with Crippen molar-refractivity contribution < 1.29 is 9.59 Å². The van der Waals surface area contributed by atoms with Gasteiger partial charge in [0.05, 0.1) is 34.0 Å². The summed E-state index contributed by atoms with van der Waals surface area (Å²) in [5.41, 5.74) is 1.69. The second-order valence-corrected chi connectivity index (χ2v) is 9.87. The molecule has 34 heavy (non-hydrogen) atoms. The predicted octanol–water partition coefficient (Wildman–Crippen LogP) is 3.83. The molecule has 174 valence electrons. The quantitative estimate of drug-likeness (QED) is 0.484. The van der Waals surface area contributed by atoms with E-state index in [1.54, 1.807) is 13.1 Å². The maximum atomic E-state index is 13.2. The summed E-state index contributed by atoms with van der Waals surface area (Å²) in [5.74, 6) is 0.0689. The van der Waals surface area contributed by atoms with Crippen LogP contribution in [0.5, 0.6) is 0 Å². The molecule has 0 aliphatic carbocycles. The molecule has 0 radical (unpaired) electrons. The van der Waals surface area contributed by atoms with Crippen LogP contribution in [0, 0.1) is 12.8 Å². The second-order valence-electron chi connectivity index (χ2n) is 8.87. The molecule has 0 unspecified atom stereocenters. The molecule has 2 amide bonds. The molecular weight excluding hydrogens is 450 g/mol. The van der Waals surface area contributed by atoms with E-state index in [-0.39, 0.29) is 23.9 Å². The van der Waals surface area contributed by atoms with Crippen molar-refractivity contribution in [2.75, 3.05) is 18.4 Å². The van der Waals surface area contributed by atoms with Gasteiger partial charge < -0.3 is 10.2 Å². The van der Waals surface area contributed by atoms with Gasteiger partial charge in [0.1, 0.15) is 11.4 Å². The molecule has 0 spiro atoms. The van der Waals surface area contributed by atoms with Crippen LogP contribution in [0.2, 0.25) is 0 Å². The lowest BCUT2D eigenvalue weighted by atomic mass is 10.0. The number of anilines is 1. The van der Waals surface area contributed by atoms with Gasteiger partial charge in [0.25, 0.3) is 11.5 Å². The van der Waals surface area contributed by atoms with E-state index < -0.39 is 0 Å². The van der Waals surface area contributed by atoms with Crippen LogP contribution >= 0.6 is 11.3 Å². The number of aryl methyl sites for hydroxylation is 1.